The lowest BCUT2D eigenvalue weighted by molar-refractivity contribution is 0.455. The molecule has 3 nitrogen and oxygen atoms in total. The first-order valence-electron chi connectivity index (χ1n) is 3.20. The van der Waals surface area contributed by atoms with Gasteiger partial charge in [-0.05, 0) is 28.1 Å². The predicted molar refractivity (Wildman–Crippen MR) is 56.6 cm³/mol. The Kier molecular flexibility index (Phi) is 3.04. The maximum atomic E-state index is 11.2. The quantitative estimate of drug-likeness (QED) is 0.860. The van der Waals surface area contributed by atoms with Crippen LogP contribution in [0.3, 0.4) is 0 Å². The van der Waals surface area contributed by atoms with E-state index in [1.54, 1.807) is 6.07 Å². The Labute approximate surface area is 93.0 Å². The van der Waals surface area contributed by atoms with Crippen molar-refractivity contribution in [2.24, 2.45) is 0 Å². The summed E-state index contributed by atoms with van der Waals surface area (Å²) in [5.74, 6) is -0.259. The summed E-state index contributed by atoms with van der Waals surface area (Å²) in [4.78, 5) is -0.0891. The molecule has 13 heavy (non-hydrogen) atoms. The van der Waals surface area contributed by atoms with Gasteiger partial charge in [-0.3, -0.25) is 0 Å². The van der Waals surface area contributed by atoms with Gasteiger partial charge in [0.1, 0.15) is 10.6 Å². The third-order valence-corrected chi connectivity index (χ3v) is 3.57. The lowest BCUT2D eigenvalue weighted by atomic mass is 10.3. The average molecular weight is 330 g/mol. The van der Waals surface area contributed by atoms with Crippen LogP contribution in [0.4, 0.5) is 0 Å². The van der Waals surface area contributed by atoms with Crippen molar-refractivity contribution in [2.75, 3.05) is 6.26 Å². The van der Waals surface area contributed by atoms with E-state index in [4.69, 9.17) is 0 Å². The van der Waals surface area contributed by atoms with E-state index in [0.29, 0.717) is 8.95 Å². The lowest BCUT2D eigenvalue weighted by Gasteiger charge is -2.04. The number of phenolic OH excluding ortho intramolecular Hbond substituents is 1. The molecule has 0 heterocycles. The molecule has 0 radical (unpaired) electrons. The summed E-state index contributed by atoms with van der Waals surface area (Å²) < 4.78 is 23.3. The van der Waals surface area contributed by atoms with Crippen LogP contribution in [0, 0.1) is 0 Å². The van der Waals surface area contributed by atoms with Crippen LogP contribution in [0.5, 0.6) is 5.75 Å². The van der Waals surface area contributed by atoms with Crippen LogP contribution in [0.1, 0.15) is 0 Å². The number of sulfone groups is 1. The molecule has 0 atom stereocenters. The minimum absolute atomic E-state index is 0.0891. The fourth-order valence-corrected chi connectivity index (χ4v) is 3.14. The summed E-state index contributed by atoms with van der Waals surface area (Å²) in [5, 5.41) is 9.41. The van der Waals surface area contributed by atoms with Crippen molar-refractivity contribution >= 4 is 41.7 Å². The molecule has 1 aromatic carbocycles. The standard InChI is InChI=1S/C7H6Br2O3S/c1-13(11,12)6-3-4(8)2-5(9)7(6)10/h2-3,10H,1H3. The number of benzene rings is 1. The molecule has 0 saturated carbocycles. The van der Waals surface area contributed by atoms with E-state index in [0.717, 1.165) is 6.26 Å². The van der Waals surface area contributed by atoms with Gasteiger partial charge in [0.05, 0.1) is 4.47 Å². The zero-order valence-corrected chi connectivity index (χ0v) is 10.6. The molecule has 0 aromatic heterocycles. The van der Waals surface area contributed by atoms with Gasteiger partial charge in [0, 0.05) is 10.7 Å². The highest BCUT2D eigenvalue weighted by Gasteiger charge is 2.16. The van der Waals surface area contributed by atoms with Crippen LogP contribution in [0.2, 0.25) is 0 Å². The molecule has 1 rings (SSSR count). The van der Waals surface area contributed by atoms with Crippen LogP contribution in [0.15, 0.2) is 26.0 Å². The summed E-state index contributed by atoms with van der Waals surface area (Å²) in [6.07, 6.45) is 1.04. The Morgan fingerprint density at radius 2 is 1.85 bits per heavy atom. The summed E-state index contributed by atoms with van der Waals surface area (Å²) in [7, 11) is -3.39. The molecule has 1 N–H and O–H groups in total. The summed E-state index contributed by atoms with van der Waals surface area (Å²) in [5.41, 5.74) is 0. The number of halogens is 2. The van der Waals surface area contributed by atoms with Crippen molar-refractivity contribution in [2.45, 2.75) is 4.90 Å². The van der Waals surface area contributed by atoms with Crippen LogP contribution in [-0.2, 0) is 9.84 Å². The second kappa shape index (κ2) is 3.59. The van der Waals surface area contributed by atoms with Crippen molar-refractivity contribution < 1.29 is 13.5 Å². The Bertz CT molecular complexity index is 439. The zero-order chi connectivity index (χ0) is 10.2. The molecule has 0 unspecified atom stereocenters. The fourth-order valence-electron chi connectivity index (χ4n) is 0.825. The van der Waals surface area contributed by atoms with E-state index in [2.05, 4.69) is 31.9 Å². The highest BCUT2D eigenvalue weighted by Crippen LogP contribution is 2.34. The zero-order valence-electron chi connectivity index (χ0n) is 6.58. The van der Waals surface area contributed by atoms with Crippen molar-refractivity contribution in [1.82, 2.24) is 0 Å². The molecule has 0 amide bonds. The minimum atomic E-state index is -3.39. The van der Waals surface area contributed by atoms with Crippen LogP contribution < -0.4 is 0 Å². The molecule has 0 aliphatic carbocycles. The van der Waals surface area contributed by atoms with Crippen molar-refractivity contribution in [3.63, 3.8) is 0 Å². The Hall–Kier alpha value is -0.0700. The van der Waals surface area contributed by atoms with Gasteiger partial charge in [-0.1, -0.05) is 15.9 Å². The van der Waals surface area contributed by atoms with E-state index in [1.807, 2.05) is 0 Å². The van der Waals surface area contributed by atoms with Crippen molar-refractivity contribution in [1.29, 1.82) is 0 Å². The third-order valence-electron chi connectivity index (χ3n) is 1.39. The van der Waals surface area contributed by atoms with Crippen LogP contribution in [0.25, 0.3) is 0 Å². The fraction of sp³-hybridized carbons (Fsp3) is 0.143. The normalized spacial score (nSPS) is 11.6. The molecule has 0 fully saturated rings. The second-order valence-corrected chi connectivity index (χ2v) is 6.26. The number of hydrogen-bond acceptors (Lipinski definition) is 3. The molecule has 6 heteroatoms. The Balaban J connectivity index is 3.56. The van der Waals surface area contributed by atoms with Gasteiger partial charge < -0.3 is 5.11 Å². The SMILES string of the molecule is CS(=O)(=O)c1cc(Br)cc(Br)c1O. The lowest BCUT2D eigenvalue weighted by Crippen LogP contribution is -1.97. The molecule has 1 aromatic rings. The van der Waals surface area contributed by atoms with E-state index in [1.165, 1.54) is 6.07 Å². The second-order valence-electron chi connectivity index (χ2n) is 2.51. The van der Waals surface area contributed by atoms with Crippen LogP contribution in [-0.4, -0.2) is 19.8 Å². The smallest absolute Gasteiger partial charge is 0.179 e. The maximum Gasteiger partial charge on any atom is 0.179 e. The molecule has 0 aliphatic rings. The Morgan fingerprint density at radius 1 is 1.31 bits per heavy atom. The molecule has 0 spiro atoms. The molecular formula is C7H6Br2O3S. The highest BCUT2D eigenvalue weighted by molar-refractivity contribution is 9.11. The van der Waals surface area contributed by atoms with Crippen LogP contribution >= 0.6 is 31.9 Å². The molecule has 72 valence electrons. The highest BCUT2D eigenvalue weighted by atomic mass is 79.9. The van der Waals surface area contributed by atoms with Gasteiger partial charge in [-0.15, -0.1) is 0 Å². The van der Waals surface area contributed by atoms with Crippen molar-refractivity contribution in [3.8, 4) is 5.75 Å². The van der Waals surface area contributed by atoms with Gasteiger partial charge in [-0.25, -0.2) is 8.42 Å². The number of phenols is 1. The van der Waals surface area contributed by atoms with Gasteiger partial charge in [0.25, 0.3) is 0 Å². The van der Waals surface area contributed by atoms with E-state index in [-0.39, 0.29) is 10.6 Å². The maximum absolute atomic E-state index is 11.2. The first kappa shape index (κ1) is 11.0. The largest absolute Gasteiger partial charge is 0.505 e. The molecular weight excluding hydrogens is 324 g/mol. The van der Waals surface area contributed by atoms with E-state index in [9.17, 15) is 13.5 Å². The summed E-state index contributed by atoms with van der Waals surface area (Å²) >= 11 is 6.18. The molecule has 0 bridgehead atoms. The molecule has 0 aliphatic heterocycles. The monoisotopic (exact) mass is 328 g/mol. The average Bonchev–Trinajstić information content (AvgIpc) is 1.94. The summed E-state index contributed by atoms with van der Waals surface area (Å²) in [6, 6.07) is 2.93. The number of hydrogen-bond donors (Lipinski definition) is 1. The minimum Gasteiger partial charge on any atom is -0.505 e. The third kappa shape index (κ3) is 2.45. The first-order valence-corrected chi connectivity index (χ1v) is 6.68. The topological polar surface area (TPSA) is 54.4 Å². The Morgan fingerprint density at radius 3 is 2.31 bits per heavy atom. The van der Waals surface area contributed by atoms with Gasteiger partial charge in [0.15, 0.2) is 9.84 Å². The number of rotatable bonds is 1. The van der Waals surface area contributed by atoms with E-state index < -0.39 is 9.84 Å². The van der Waals surface area contributed by atoms with Crippen molar-refractivity contribution in [3.05, 3.63) is 21.1 Å². The summed E-state index contributed by atoms with van der Waals surface area (Å²) in [6.45, 7) is 0. The molecule has 0 saturated heterocycles. The first-order chi connectivity index (χ1) is 5.82. The van der Waals surface area contributed by atoms with Gasteiger partial charge >= 0.3 is 0 Å². The van der Waals surface area contributed by atoms with Gasteiger partial charge in [-0.2, -0.15) is 0 Å². The predicted octanol–water partition coefficient (Wildman–Crippen LogP) is 2.32. The van der Waals surface area contributed by atoms with Gasteiger partial charge in [0.2, 0.25) is 0 Å². The van der Waals surface area contributed by atoms with E-state index >= 15 is 0 Å². The number of aromatic hydroxyl groups is 1.